The van der Waals surface area contributed by atoms with Crippen LogP contribution in [0.2, 0.25) is 0 Å². The molecule has 3 N–H and O–H groups in total. The van der Waals surface area contributed by atoms with Crippen molar-refractivity contribution in [3.63, 3.8) is 0 Å². The lowest BCUT2D eigenvalue weighted by Gasteiger charge is -2.10. The van der Waals surface area contributed by atoms with Crippen LogP contribution < -0.4 is 20.7 Å². The van der Waals surface area contributed by atoms with E-state index in [1.807, 2.05) is 44.2 Å². The molecule has 0 unspecified atom stereocenters. The van der Waals surface area contributed by atoms with Crippen LogP contribution in [0.25, 0.3) is 0 Å². The molecule has 9 heteroatoms. The van der Waals surface area contributed by atoms with Gasteiger partial charge in [-0.3, -0.25) is 4.79 Å². The number of aromatic nitrogens is 1. The number of amides is 1. The molecule has 2 rings (SSSR count). The van der Waals surface area contributed by atoms with Crippen LogP contribution in [0.3, 0.4) is 0 Å². The summed E-state index contributed by atoms with van der Waals surface area (Å²) < 4.78 is 10.9. The summed E-state index contributed by atoms with van der Waals surface area (Å²) in [4.78, 5) is 16.1. The van der Waals surface area contributed by atoms with E-state index in [1.54, 1.807) is 0 Å². The minimum absolute atomic E-state index is 0. The van der Waals surface area contributed by atoms with Gasteiger partial charge in [0.2, 0.25) is 0 Å². The smallest absolute Gasteiger partial charge is 0.257 e. The van der Waals surface area contributed by atoms with Crippen LogP contribution in [-0.4, -0.2) is 36.7 Å². The van der Waals surface area contributed by atoms with E-state index in [0.717, 1.165) is 23.6 Å². The Bertz CT molecular complexity index is 807. The highest BCUT2D eigenvalue weighted by molar-refractivity contribution is 14.0. The summed E-state index contributed by atoms with van der Waals surface area (Å²) in [7, 11) is 0. The van der Waals surface area contributed by atoms with Crippen molar-refractivity contribution in [3.05, 3.63) is 47.3 Å². The molecule has 0 saturated carbocycles. The van der Waals surface area contributed by atoms with Gasteiger partial charge in [0.15, 0.2) is 18.3 Å². The van der Waals surface area contributed by atoms with E-state index in [9.17, 15) is 4.79 Å². The molecule has 8 nitrogen and oxygen atoms in total. The molecule has 166 valence electrons. The van der Waals surface area contributed by atoms with Gasteiger partial charge >= 0.3 is 0 Å². The molecule has 0 bridgehead atoms. The van der Waals surface area contributed by atoms with Gasteiger partial charge in [-0.1, -0.05) is 31.1 Å². The molecular formula is C21H32IN5O3. The molecule has 1 aromatic heterocycles. The molecule has 2 aromatic rings. The maximum absolute atomic E-state index is 11.5. The number of ether oxygens (including phenoxy) is 1. The zero-order chi connectivity index (χ0) is 21.1. The topological polar surface area (TPSA) is 101 Å². The highest BCUT2D eigenvalue weighted by Gasteiger charge is 2.08. The minimum atomic E-state index is -0.136. The number of aliphatic imine (C=N–C) groups is 1. The van der Waals surface area contributed by atoms with Gasteiger partial charge in [0, 0.05) is 19.2 Å². The van der Waals surface area contributed by atoms with Crippen LogP contribution in [0.4, 0.5) is 0 Å². The first-order chi connectivity index (χ1) is 14.0. The van der Waals surface area contributed by atoms with Gasteiger partial charge in [-0.2, -0.15) is 0 Å². The predicted octanol–water partition coefficient (Wildman–Crippen LogP) is 3.19. The summed E-state index contributed by atoms with van der Waals surface area (Å²) in [6.07, 6.45) is 0. The first-order valence-electron chi connectivity index (χ1n) is 9.97. The summed E-state index contributed by atoms with van der Waals surface area (Å²) in [5.74, 6) is 2.29. The third kappa shape index (κ3) is 9.02. The number of benzene rings is 1. The summed E-state index contributed by atoms with van der Waals surface area (Å²) in [6.45, 7) is 10.3. The second kappa shape index (κ2) is 13.8. The van der Waals surface area contributed by atoms with Crippen LogP contribution in [0.5, 0.6) is 5.75 Å². The first-order valence-corrected chi connectivity index (χ1v) is 9.97. The van der Waals surface area contributed by atoms with E-state index in [0.29, 0.717) is 37.3 Å². The number of nitrogens with one attached hydrogen (secondary N) is 3. The third-order valence-electron chi connectivity index (χ3n) is 4.01. The van der Waals surface area contributed by atoms with Crippen LogP contribution in [0, 0.1) is 0 Å². The zero-order valence-electron chi connectivity index (χ0n) is 18.0. The Balaban J connectivity index is 0.00000450. The molecule has 30 heavy (non-hydrogen) atoms. The van der Waals surface area contributed by atoms with Crippen LogP contribution in [0.1, 0.15) is 50.6 Å². The van der Waals surface area contributed by atoms with Crippen molar-refractivity contribution in [3.8, 4) is 5.75 Å². The fraction of sp³-hybridized carbons (Fsp3) is 0.476. The molecule has 1 aromatic carbocycles. The van der Waals surface area contributed by atoms with Gasteiger partial charge in [0.25, 0.3) is 5.91 Å². The molecule has 0 atom stereocenters. The van der Waals surface area contributed by atoms with E-state index in [4.69, 9.17) is 9.26 Å². The molecule has 0 radical (unpaired) electrons. The maximum atomic E-state index is 11.5. The molecule has 0 spiro atoms. The molecule has 0 fully saturated rings. The number of halogens is 1. The highest BCUT2D eigenvalue weighted by atomic mass is 127. The quantitative estimate of drug-likeness (QED) is 0.248. The van der Waals surface area contributed by atoms with E-state index in [-0.39, 0.29) is 36.5 Å². The minimum Gasteiger partial charge on any atom is -0.484 e. The molecule has 1 amide bonds. The summed E-state index contributed by atoms with van der Waals surface area (Å²) in [6, 6.07) is 9.53. The number of nitrogens with zero attached hydrogens (tertiary/aromatic N) is 2. The number of hydrogen-bond acceptors (Lipinski definition) is 5. The van der Waals surface area contributed by atoms with Gasteiger partial charge in [-0.25, -0.2) is 4.99 Å². The Morgan fingerprint density at radius 1 is 1.17 bits per heavy atom. The third-order valence-corrected chi connectivity index (χ3v) is 4.01. The van der Waals surface area contributed by atoms with Crippen molar-refractivity contribution in [2.45, 2.75) is 46.7 Å². The summed E-state index contributed by atoms with van der Waals surface area (Å²) in [5, 5.41) is 13.2. The van der Waals surface area contributed by atoms with Gasteiger partial charge in [0.1, 0.15) is 5.75 Å². The molecule has 0 aliphatic carbocycles. The largest absolute Gasteiger partial charge is 0.484 e. The lowest BCUT2D eigenvalue weighted by atomic mass is 10.1. The van der Waals surface area contributed by atoms with Gasteiger partial charge in [-0.15, -0.1) is 24.0 Å². The summed E-state index contributed by atoms with van der Waals surface area (Å²) >= 11 is 0. The highest BCUT2D eigenvalue weighted by Crippen LogP contribution is 2.15. The Hall–Kier alpha value is -2.30. The maximum Gasteiger partial charge on any atom is 0.257 e. The fourth-order valence-electron chi connectivity index (χ4n) is 2.50. The lowest BCUT2D eigenvalue weighted by molar-refractivity contribution is -0.122. The normalized spacial score (nSPS) is 11.0. The van der Waals surface area contributed by atoms with Gasteiger partial charge in [0.05, 0.1) is 18.8 Å². The van der Waals surface area contributed by atoms with Gasteiger partial charge in [-0.05, 0) is 37.5 Å². The zero-order valence-corrected chi connectivity index (χ0v) is 20.4. The van der Waals surface area contributed by atoms with E-state index >= 15 is 0 Å². The van der Waals surface area contributed by atoms with Crippen molar-refractivity contribution < 1.29 is 14.1 Å². The number of carbonyl (C=O) groups excluding carboxylic acids is 1. The molecular weight excluding hydrogens is 497 g/mol. The number of hydrogen-bond donors (Lipinski definition) is 3. The molecule has 1 heterocycles. The van der Waals surface area contributed by atoms with Crippen LogP contribution in [-0.2, 0) is 17.9 Å². The molecule has 0 aliphatic heterocycles. The number of carbonyl (C=O) groups is 1. The second-order valence-electron chi connectivity index (χ2n) is 6.81. The van der Waals surface area contributed by atoms with E-state index in [2.05, 4.69) is 39.9 Å². The van der Waals surface area contributed by atoms with Crippen molar-refractivity contribution in [1.82, 2.24) is 21.1 Å². The van der Waals surface area contributed by atoms with Crippen molar-refractivity contribution >= 4 is 35.8 Å². The number of likely N-dealkylation sites (N-methyl/N-ethyl adjacent to an activating group) is 1. The van der Waals surface area contributed by atoms with Gasteiger partial charge < -0.3 is 25.2 Å². The van der Waals surface area contributed by atoms with Crippen molar-refractivity contribution in [2.24, 2.45) is 4.99 Å². The average Bonchev–Trinajstić information content (AvgIpc) is 3.18. The number of guanidine groups is 1. The fourth-order valence-corrected chi connectivity index (χ4v) is 2.50. The second-order valence-corrected chi connectivity index (χ2v) is 6.81. The monoisotopic (exact) mass is 529 g/mol. The lowest BCUT2D eigenvalue weighted by Crippen LogP contribution is -2.36. The average molecular weight is 529 g/mol. The molecule has 0 aliphatic rings. The first kappa shape index (κ1) is 25.7. The SMILES string of the molecule is CCNC(=O)COc1cccc(CN=C(NCC)NCc2cc(C(C)C)no2)c1.I. The van der Waals surface area contributed by atoms with Crippen molar-refractivity contribution in [1.29, 1.82) is 0 Å². The number of rotatable bonds is 10. The van der Waals surface area contributed by atoms with E-state index in [1.165, 1.54) is 0 Å². The van der Waals surface area contributed by atoms with Crippen LogP contribution >= 0.6 is 24.0 Å². The Kier molecular flexibility index (Phi) is 11.9. The Morgan fingerprint density at radius 2 is 1.93 bits per heavy atom. The van der Waals surface area contributed by atoms with E-state index < -0.39 is 0 Å². The Labute approximate surface area is 195 Å². The van der Waals surface area contributed by atoms with Crippen LogP contribution in [0.15, 0.2) is 39.8 Å². The van der Waals surface area contributed by atoms with Crippen molar-refractivity contribution in [2.75, 3.05) is 19.7 Å². The molecule has 0 saturated heterocycles. The standard InChI is InChI=1S/C21H31N5O3.HI/c1-5-22-20(27)14-28-17-9-7-8-16(10-17)12-24-21(23-6-2)25-13-18-11-19(15(3)4)26-29-18;/h7-11,15H,5-6,12-14H2,1-4H3,(H,22,27)(H2,23,24,25);1H. The predicted molar refractivity (Wildman–Crippen MR) is 128 cm³/mol. The Morgan fingerprint density at radius 3 is 2.60 bits per heavy atom. The summed E-state index contributed by atoms with van der Waals surface area (Å²) in [5.41, 5.74) is 1.92.